The summed E-state index contributed by atoms with van der Waals surface area (Å²) in [5.74, 6) is 0. The summed E-state index contributed by atoms with van der Waals surface area (Å²) in [6.45, 7) is 3.70. The average Bonchev–Trinajstić information content (AvgIpc) is 2.21. The number of aliphatic hydroxyl groups is 1. The second-order valence-corrected chi connectivity index (χ2v) is 3.50. The Labute approximate surface area is 86.5 Å². The van der Waals surface area contributed by atoms with Crippen LogP contribution in [0.5, 0.6) is 0 Å². The van der Waals surface area contributed by atoms with Crippen molar-refractivity contribution in [2.45, 2.75) is 26.2 Å². The van der Waals surface area contributed by atoms with Crippen molar-refractivity contribution in [3.05, 3.63) is 0 Å². The van der Waals surface area contributed by atoms with E-state index in [1.807, 2.05) is 14.0 Å². The predicted molar refractivity (Wildman–Crippen MR) is 57.3 cm³/mol. The van der Waals surface area contributed by atoms with Gasteiger partial charge in [-0.05, 0) is 26.2 Å². The molecule has 0 spiro atoms. The Morgan fingerprint density at radius 2 is 1.79 bits per heavy atom. The van der Waals surface area contributed by atoms with Crippen molar-refractivity contribution in [2.75, 3.05) is 33.8 Å². The minimum atomic E-state index is 0.0662. The van der Waals surface area contributed by atoms with E-state index >= 15 is 0 Å². The maximum Gasteiger partial charge on any atom is 0.319 e. The maximum atomic E-state index is 11.5. The highest BCUT2D eigenvalue weighted by Crippen LogP contribution is 1.99. The third-order valence-corrected chi connectivity index (χ3v) is 2.28. The molecule has 4 nitrogen and oxygen atoms in total. The molecule has 0 fully saturated rings. The fourth-order valence-electron chi connectivity index (χ4n) is 1.16. The molecule has 1 N–H and O–H groups in total. The molecule has 0 radical (unpaired) electrons. The number of hydrogen-bond donors (Lipinski definition) is 1. The molecule has 0 saturated heterocycles. The highest BCUT2D eigenvalue weighted by molar-refractivity contribution is 5.73. The van der Waals surface area contributed by atoms with Crippen LogP contribution in [-0.4, -0.2) is 54.7 Å². The number of unbranched alkanes of at least 4 members (excludes halogenated alkanes) is 2. The lowest BCUT2D eigenvalue weighted by Crippen LogP contribution is -2.39. The molecule has 0 aliphatic rings. The molecule has 0 aromatic carbocycles. The van der Waals surface area contributed by atoms with E-state index in [0.717, 1.165) is 32.4 Å². The van der Waals surface area contributed by atoms with E-state index in [9.17, 15) is 4.79 Å². The number of amides is 2. The van der Waals surface area contributed by atoms with E-state index in [1.54, 1.807) is 16.8 Å². The lowest BCUT2D eigenvalue weighted by atomic mass is 10.2. The second-order valence-electron chi connectivity index (χ2n) is 3.50. The van der Waals surface area contributed by atoms with Gasteiger partial charge >= 0.3 is 6.03 Å². The monoisotopic (exact) mass is 202 g/mol. The van der Waals surface area contributed by atoms with Crippen molar-refractivity contribution in [3.63, 3.8) is 0 Å². The van der Waals surface area contributed by atoms with Gasteiger partial charge in [0.05, 0.1) is 0 Å². The lowest BCUT2D eigenvalue weighted by molar-refractivity contribution is 0.174. The van der Waals surface area contributed by atoms with Gasteiger partial charge in [0, 0.05) is 33.8 Å². The summed E-state index contributed by atoms with van der Waals surface area (Å²) < 4.78 is 0. The van der Waals surface area contributed by atoms with Crippen LogP contribution in [0.2, 0.25) is 0 Å². The molecule has 0 aromatic rings. The van der Waals surface area contributed by atoms with E-state index in [4.69, 9.17) is 5.11 Å². The van der Waals surface area contributed by atoms with Crippen LogP contribution in [0, 0.1) is 0 Å². The molecule has 84 valence electrons. The van der Waals surface area contributed by atoms with E-state index in [1.165, 1.54) is 0 Å². The average molecular weight is 202 g/mol. The zero-order valence-corrected chi connectivity index (χ0v) is 9.49. The van der Waals surface area contributed by atoms with Gasteiger partial charge in [0.1, 0.15) is 0 Å². The molecular formula is C10H22N2O2. The van der Waals surface area contributed by atoms with Gasteiger partial charge in [0.2, 0.25) is 0 Å². The van der Waals surface area contributed by atoms with Gasteiger partial charge in [0.15, 0.2) is 0 Å². The first kappa shape index (κ1) is 13.2. The number of carbonyl (C=O) groups is 1. The normalized spacial score (nSPS) is 10.0. The summed E-state index contributed by atoms with van der Waals surface area (Å²) in [7, 11) is 3.61. The highest BCUT2D eigenvalue weighted by atomic mass is 16.2. The van der Waals surface area contributed by atoms with Gasteiger partial charge in [-0.1, -0.05) is 0 Å². The Hall–Kier alpha value is -0.770. The smallest absolute Gasteiger partial charge is 0.319 e. The van der Waals surface area contributed by atoms with Crippen LogP contribution in [0.4, 0.5) is 4.79 Å². The Balaban J connectivity index is 3.62. The van der Waals surface area contributed by atoms with Gasteiger partial charge < -0.3 is 14.9 Å². The van der Waals surface area contributed by atoms with Crippen molar-refractivity contribution < 1.29 is 9.90 Å². The Bertz CT molecular complexity index is 162. The van der Waals surface area contributed by atoms with Crippen LogP contribution in [0.25, 0.3) is 0 Å². The van der Waals surface area contributed by atoms with Crippen LogP contribution >= 0.6 is 0 Å². The second kappa shape index (κ2) is 7.62. The van der Waals surface area contributed by atoms with Crippen molar-refractivity contribution in [3.8, 4) is 0 Å². The van der Waals surface area contributed by atoms with Crippen LogP contribution in [0.1, 0.15) is 26.2 Å². The van der Waals surface area contributed by atoms with Gasteiger partial charge in [0.25, 0.3) is 0 Å². The maximum absolute atomic E-state index is 11.5. The molecule has 0 saturated carbocycles. The third-order valence-electron chi connectivity index (χ3n) is 2.28. The first-order valence-corrected chi connectivity index (χ1v) is 5.20. The van der Waals surface area contributed by atoms with Gasteiger partial charge in [-0.2, -0.15) is 0 Å². The van der Waals surface area contributed by atoms with Gasteiger partial charge in [-0.25, -0.2) is 4.79 Å². The van der Waals surface area contributed by atoms with Crippen molar-refractivity contribution in [1.82, 2.24) is 9.80 Å². The fourth-order valence-corrected chi connectivity index (χ4v) is 1.16. The first-order chi connectivity index (χ1) is 6.63. The highest BCUT2D eigenvalue weighted by Gasteiger charge is 2.11. The summed E-state index contributed by atoms with van der Waals surface area (Å²) in [4.78, 5) is 14.9. The molecule has 0 atom stereocenters. The molecule has 14 heavy (non-hydrogen) atoms. The van der Waals surface area contributed by atoms with Crippen LogP contribution in [0.15, 0.2) is 0 Å². The molecule has 0 aliphatic carbocycles. The summed E-state index contributed by atoms with van der Waals surface area (Å²) in [5.41, 5.74) is 0. The van der Waals surface area contributed by atoms with E-state index in [-0.39, 0.29) is 12.6 Å². The summed E-state index contributed by atoms with van der Waals surface area (Å²) in [6.07, 6.45) is 2.76. The summed E-state index contributed by atoms with van der Waals surface area (Å²) in [5, 5.41) is 8.58. The Morgan fingerprint density at radius 1 is 1.14 bits per heavy atom. The molecule has 4 heteroatoms. The van der Waals surface area contributed by atoms with E-state index in [2.05, 4.69) is 0 Å². The van der Waals surface area contributed by atoms with Crippen LogP contribution in [0.3, 0.4) is 0 Å². The largest absolute Gasteiger partial charge is 0.396 e. The zero-order chi connectivity index (χ0) is 11.0. The predicted octanol–water partition coefficient (Wildman–Crippen LogP) is 1.15. The summed E-state index contributed by atoms with van der Waals surface area (Å²) in [6, 6.07) is 0.0662. The van der Waals surface area contributed by atoms with Gasteiger partial charge in [-0.15, -0.1) is 0 Å². The van der Waals surface area contributed by atoms with Crippen molar-refractivity contribution in [2.24, 2.45) is 0 Å². The Kier molecular flexibility index (Phi) is 7.20. The SMILES string of the molecule is CCN(C)C(=O)N(C)CCCCCO. The molecule has 0 aromatic heterocycles. The van der Waals surface area contributed by atoms with Crippen molar-refractivity contribution in [1.29, 1.82) is 0 Å². The number of carbonyl (C=O) groups excluding carboxylic acids is 1. The summed E-state index contributed by atoms with van der Waals surface area (Å²) >= 11 is 0. The molecule has 0 heterocycles. The molecule has 0 unspecified atom stereocenters. The number of urea groups is 1. The number of rotatable bonds is 6. The number of aliphatic hydroxyl groups excluding tert-OH is 1. The number of hydrogen-bond acceptors (Lipinski definition) is 2. The van der Waals surface area contributed by atoms with Crippen LogP contribution in [-0.2, 0) is 0 Å². The zero-order valence-electron chi connectivity index (χ0n) is 9.49. The minimum absolute atomic E-state index is 0.0662. The van der Waals surface area contributed by atoms with E-state index < -0.39 is 0 Å². The van der Waals surface area contributed by atoms with Gasteiger partial charge in [-0.3, -0.25) is 0 Å². The van der Waals surface area contributed by atoms with E-state index in [0.29, 0.717) is 0 Å². The quantitative estimate of drug-likeness (QED) is 0.657. The molecule has 2 amide bonds. The molecule has 0 aliphatic heterocycles. The lowest BCUT2D eigenvalue weighted by Gasteiger charge is -2.23. The van der Waals surface area contributed by atoms with Crippen molar-refractivity contribution >= 4 is 6.03 Å². The molecular weight excluding hydrogens is 180 g/mol. The molecule has 0 rings (SSSR count). The number of nitrogens with zero attached hydrogens (tertiary/aromatic N) is 2. The fraction of sp³-hybridized carbons (Fsp3) is 0.900. The Morgan fingerprint density at radius 3 is 2.29 bits per heavy atom. The minimum Gasteiger partial charge on any atom is -0.396 e. The van der Waals surface area contributed by atoms with Crippen LogP contribution < -0.4 is 0 Å². The first-order valence-electron chi connectivity index (χ1n) is 5.20. The molecule has 0 bridgehead atoms. The third kappa shape index (κ3) is 5.07. The standard InChI is InChI=1S/C10H22N2O2/c1-4-11(2)10(14)12(3)8-6-5-7-9-13/h13H,4-9H2,1-3H3. The topological polar surface area (TPSA) is 43.8 Å².